The summed E-state index contributed by atoms with van der Waals surface area (Å²) < 4.78 is 9.80. The number of carbonyl (C=O) groups is 2. The van der Waals surface area contributed by atoms with Gasteiger partial charge in [0.05, 0.1) is 18.8 Å². The van der Waals surface area contributed by atoms with Crippen molar-refractivity contribution >= 4 is 12.4 Å². The fraction of sp³-hybridized carbons (Fsp3) is 0.500. The Hall–Kier alpha value is -1.84. The predicted molar refractivity (Wildman–Crippen MR) is 76.4 cm³/mol. The van der Waals surface area contributed by atoms with Gasteiger partial charge in [0.1, 0.15) is 0 Å². The summed E-state index contributed by atoms with van der Waals surface area (Å²) in [7, 11) is 0. The van der Waals surface area contributed by atoms with E-state index in [1.807, 2.05) is 18.2 Å². The SMILES string of the molecule is O=COCCCCCCCCOC(=O)c1ccccc1. The van der Waals surface area contributed by atoms with Crippen molar-refractivity contribution in [3.8, 4) is 0 Å². The van der Waals surface area contributed by atoms with Crippen LogP contribution in [-0.4, -0.2) is 25.7 Å². The van der Waals surface area contributed by atoms with Gasteiger partial charge in [-0.15, -0.1) is 0 Å². The van der Waals surface area contributed by atoms with Crippen LogP contribution in [0.15, 0.2) is 30.3 Å². The minimum absolute atomic E-state index is 0.253. The summed E-state index contributed by atoms with van der Waals surface area (Å²) in [5, 5.41) is 0. The molecule has 1 rings (SSSR count). The Morgan fingerprint density at radius 3 is 2.15 bits per heavy atom. The molecular formula is C16H22O4. The third-order valence-corrected chi connectivity index (χ3v) is 2.97. The Balaban J connectivity index is 1.92. The molecule has 0 aliphatic carbocycles. The van der Waals surface area contributed by atoms with E-state index < -0.39 is 0 Å². The van der Waals surface area contributed by atoms with Crippen molar-refractivity contribution in [2.45, 2.75) is 38.5 Å². The van der Waals surface area contributed by atoms with Crippen LogP contribution in [-0.2, 0) is 14.3 Å². The number of hydrogen-bond acceptors (Lipinski definition) is 4. The van der Waals surface area contributed by atoms with Crippen LogP contribution in [0.3, 0.4) is 0 Å². The maximum Gasteiger partial charge on any atom is 0.338 e. The topological polar surface area (TPSA) is 52.6 Å². The molecule has 0 saturated carbocycles. The highest BCUT2D eigenvalue weighted by Crippen LogP contribution is 2.07. The lowest BCUT2D eigenvalue weighted by molar-refractivity contribution is -0.128. The van der Waals surface area contributed by atoms with Crippen molar-refractivity contribution in [2.75, 3.05) is 13.2 Å². The largest absolute Gasteiger partial charge is 0.468 e. The molecule has 4 heteroatoms. The Morgan fingerprint density at radius 2 is 1.50 bits per heavy atom. The summed E-state index contributed by atoms with van der Waals surface area (Å²) in [5.41, 5.74) is 0.600. The first kappa shape index (κ1) is 16.2. The number of rotatable bonds is 11. The highest BCUT2D eigenvalue weighted by Gasteiger charge is 2.04. The fourth-order valence-electron chi connectivity index (χ4n) is 1.87. The van der Waals surface area contributed by atoms with E-state index in [-0.39, 0.29) is 5.97 Å². The molecule has 110 valence electrons. The van der Waals surface area contributed by atoms with Gasteiger partial charge in [-0.3, -0.25) is 4.79 Å². The monoisotopic (exact) mass is 278 g/mol. The van der Waals surface area contributed by atoms with E-state index in [0.717, 1.165) is 38.5 Å². The molecule has 0 aliphatic rings. The molecule has 1 aromatic carbocycles. The Bertz CT molecular complexity index is 375. The van der Waals surface area contributed by atoms with E-state index in [1.165, 1.54) is 0 Å². The molecular weight excluding hydrogens is 256 g/mol. The van der Waals surface area contributed by atoms with Crippen molar-refractivity contribution in [3.05, 3.63) is 35.9 Å². The van der Waals surface area contributed by atoms with Gasteiger partial charge < -0.3 is 9.47 Å². The van der Waals surface area contributed by atoms with E-state index in [4.69, 9.17) is 4.74 Å². The summed E-state index contributed by atoms with van der Waals surface area (Å²) in [6.45, 7) is 1.47. The quantitative estimate of drug-likeness (QED) is 0.354. The lowest BCUT2D eigenvalue weighted by Crippen LogP contribution is -2.06. The van der Waals surface area contributed by atoms with Crippen molar-refractivity contribution < 1.29 is 19.1 Å². The second-order valence-electron chi connectivity index (χ2n) is 4.59. The van der Waals surface area contributed by atoms with Gasteiger partial charge in [0.2, 0.25) is 0 Å². The maximum atomic E-state index is 11.6. The second kappa shape index (κ2) is 11.0. The van der Waals surface area contributed by atoms with E-state index in [9.17, 15) is 9.59 Å². The van der Waals surface area contributed by atoms with Crippen molar-refractivity contribution in [2.24, 2.45) is 0 Å². The minimum Gasteiger partial charge on any atom is -0.468 e. The van der Waals surface area contributed by atoms with Gasteiger partial charge >= 0.3 is 5.97 Å². The molecule has 1 aromatic rings. The Morgan fingerprint density at radius 1 is 0.900 bits per heavy atom. The minimum atomic E-state index is -0.253. The number of benzene rings is 1. The van der Waals surface area contributed by atoms with Crippen LogP contribution in [0, 0.1) is 0 Å². The van der Waals surface area contributed by atoms with Crippen LogP contribution in [0.1, 0.15) is 48.9 Å². The average Bonchev–Trinajstić information content (AvgIpc) is 2.50. The summed E-state index contributed by atoms with van der Waals surface area (Å²) in [6.07, 6.45) is 6.16. The van der Waals surface area contributed by atoms with Gasteiger partial charge in [-0.05, 0) is 25.0 Å². The van der Waals surface area contributed by atoms with Crippen LogP contribution < -0.4 is 0 Å². The normalized spacial score (nSPS) is 10.0. The molecule has 0 N–H and O–H groups in total. The van der Waals surface area contributed by atoms with Crippen LogP contribution >= 0.6 is 0 Å². The van der Waals surface area contributed by atoms with Crippen molar-refractivity contribution in [1.29, 1.82) is 0 Å². The molecule has 0 spiro atoms. The Kier molecular flexibility index (Phi) is 8.94. The third kappa shape index (κ3) is 7.56. The molecule has 20 heavy (non-hydrogen) atoms. The van der Waals surface area contributed by atoms with Gasteiger partial charge in [0.25, 0.3) is 6.47 Å². The van der Waals surface area contributed by atoms with E-state index in [1.54, 1.807) is 12.1 Å². The second-order valence-corrected chi connectivity index (χ2v) is 4.59. The molecule has 0 atom stereocenters. The lowest BCUT2D eigenvalue weighted by Gasteiger charge is -2.05. The number of esters is 1. The smallest absolute Gasteiger partial charge is 0.338 e. The molecule has 0 radical (unpaired) electrons. The maximum absolute atomic E-state index is 11.6. The Labute approximate surface area is 120 Å². The highest BCUT2D eigenvalue weighted by atomic mass is 16.5. The van der Waals surface area contributed by atoms with Crippen LogP contribution in [0.4, 0.5) is 0 Å². The van der Waals surface area contributed by atoms with Crippen molar-refractivity contribution in [3.63, 3.8) is 0 Å². The standard InChI is InChI=1S/C16H22O4/c17-14-19-12-8-3-1-2-4-9-13-20-16(18)15-10-6-5-7-11-15/h5-7,10-11,14H,1-4,8-9,12-13H2. The number of carbonyl (C=O) groups excluding carboxylic acids is 2. The molecule has 4 nitrogen and oxygen atoms in total. The zero-order chi connectivity index (χ0) is 14.5. The molecule has 0 saturated heterocycles. The molecule has 0 fully saturated rings. The predicted octanol–water partition coefficient (Wildman–Crippen LogP) is 3.36. The molecule has 0 unspecified atom stereocenters. The van der Waals surface area contributed by atoms with Gasteiger partial charge in [-0.2, -0.15) is 0 Å². The van der Waals surface area contributed by atoms with Crippen LogP contribution in [0.25, 0.3) is 0 Å². The first-order valence-corrected chi connectivity index (χ1v) is 7.12. The summed E-state index contributed by atoms with van der Waals surface area (Å²) >= 11 is 0. The molecule has 0 aromatic heterocycles. The third-order valence-electron chi connectivity index (χ3n) is 2.97. The zero-order valence-corrected chi connectivity index (χ0v) is 11.8. The first-order valence-electron chi connectivity index (χ1n) is 7.12. The number of ether oxygens (including phenoxy) is 2. The summed E-state index contributed by atoms with van der Waals surface area (Å²) in [4.78, 5) is 21.5. The van der Waals surface area contributed by atoms with Crippen LogP contribution in [0.2, 0.25) is 0 Å². The zero-order valence-electron chi connectivity index (χ0n) is 11.8. The summed E-state index contributed by atoms with van der Waals surface area (Å²) in [6, 6.07) is 9.03. The van der Waals surface area contributed by atoms with Gasteiger partial charge in [0.15, 0.2) is 0 Å². The first-order chi connectivity index (χ1) is 9.84. The van der Waals surface area contributed by atoms with E-state index >= 15 is 0 Å². The lowest BCUT2D eigenvalue weighted by atomic mass is 10.1. The van der Waals surface area contributed by atoms with Gasteiger partial charge in [-0.25, -0.2) is 4.79 Å². The number of unbranched alkanes of at least 4 members (excludes halogenated alkanes) is 5. The van der Waals surface area contributed by atoms with Crippen molar-refractivity contribution in [1.82, 2.24) is 0 Å². The molecule has 0 bridgehead atoms. The molecule has 0 aliphatic heterocycles. The van der Waals surface area contributed by atoms with Crippen LogP contribution in [0.5, 0.6) is 0 Å². The van der Waals surface area contributed by atoms with E-state index in [0.29, 0.717) is 25.2 Å². The van der Waals surface area contributed by atoms with Gasteiger partial charge in [0, 0.05) is 0 Å². The highest BCUT2D eigenvalue weighted by molar-refractivity contribution is 5.89. The number of hydrogen-bond donors (Lipinski definition) is 0. The molecule has 0 amide bonds. The molecule has 0 heterocycles. The summed E-state index contributed by atoms with van der Waals surface area (Å²) in [5.74, 6) is -0.253. The van der Waals surface area contributed by atoms with Gasteiger partial charge in [-0.1, -0.05) is 43.9 Å². The average molecular weight is 278 g/mol. The fourth-order valence-corrected chi connectivity index (χ4v) is 1.87. The van der Waals surface area contributed by atoms with E-state index in [2.05, 4.69) is 4.74 Å².